The lowest BCUT2D eigenvalue weighted by Gasteiger charge is -2.11. The molecule has 0 spiro atoms. The van der Waals surface area contributed by atoms with Crippen molar-refractivity contribution in [1.82, 2.24) is 24.1 Å². The Labute approximate surface area is 361 Å². The first-order valence-corrected chi connectivity index (χ1v) is 21.2. The average Bonchev–Trinajstić information content (AvgIpc) is 4.01. The molecular weight excluding hydrogens is 771 g/mol. The van der Waals surface area contributed by atoms with Gasteiger partial charge in [-0.3, -0.25) is 15.0 Å². The number of nitrogens with zero attached hydrogens (tertiary/aromatic N) is 5. The first-order valence-electron chi connectivity index (χ1n) is 21.2. The molecule has 6 heterocycles. The highest BCUT2D eigenvalue weighted by atomic mass is 16.3. The molecular formula is C57H35N5O. The molecule has 0 amide bonds. The van der Waals surface area contributed by atoms with Crippen molar-refractivity contribution in [2.24, 2.45) is 0 Å². The fourth-order valence-corrected chi connectivity index (χ4v) is 9.68. The highest BCUT2D eigenvalue weighted by Gasteiger charge is 2.20. The van der Waals surface area contributed by atoms with Gasteiger partial charge in [-0.05, 0) is 130 Å². The van der Waals surface area contributed by atoms with Gasteiger partial charge in [0.25, 0.3) is 0 Å². The van der Waals surface area contributed by atoms with Crippen molar-refractivity contribution in [3.8, 4) is 56.0 Å². The van der Waals surface area contributed by atoms with Crippen LogP contribution in [-0.4, -0.2) is 24.1 Å². The molecule has 6 aromatic heterocycles. The molecule has 0 aliphatic carbocycles. The van der Waals surface area contributed by atoms with E-state index in [2.05, 4.69) is 184 Å². The van der Waals surface area contributed by atoms with Gasteiger partial charge in [-0.2, -0.15) is 0 Å². The van der Waals surface area contributed by atoms with Crippen LogP contribution in [-0.2, 0) is 0 Å². The van der Waals surface area contributed by atoms with E-state index in [0.29, 0.717) is 0 Å². The summed E-state index contributed by atoms with van der Waals surface area (Å²) in [5.74, 6) is 0. The van der Waals surface area contributed by atoms with Crippen LogP contribution in [0.15, 0.2) is 217 Å². The molecule has 0 bridgehead atoms. The van der Waals surface area contributed by atoms with Crippen molar-refractivity contribution in [2.75, 3.05) is 0 Å². The van der Waals surface area contributed by atoms with Crippen molar-refractivity contribution in [2.45, 2.75) is 0 Å². The predicted octanol–water partition coefficient (Wildman–Crippen LogP) is 14.6. The molecule has 0 unspecified atom stereocenters. The summed E-state index contributed by atoms with van der Waals surface area (Å²) in [5.41, 5.74) is 19.0. The van der Waals surface area contributed by atoms with E-state index in [-0.39, 0.29) is 0 Å². The lowest BCUT2D eigenvalue weighted by atomic mass is 9.94. The van der Waals surface area contributed by atoms with Crippen LogP contribution in [0.4, 0.5) is 0 Å². The summed E-state index contributed by atoms with van der Waals surface area (Å²) in [6.45, 7) is 0. The lowest BCUT2D eigenvalue weighted by Crippen LogP contribution is -1.94. The molecule has 0 radical (unpaired) electrons. The van der Waals surface area contributed by atoms with Gasteiger partial charge in [0, 0.05) is 57.1 Å². The molecule has 0 fully saturated rings. The fraction of sp³-hybridized carbons (Fsp3) is 0. The molecule has 13 rings (SSSR count). The molecule has 0 aliphatic heterocycles. The molecule has 63 heavy (non-hydrogen) atoms. The second-order valence-corrected chi connectivity index (χ2v) is 16.0. The third-order valence-electron chi connectivity index (χ3n) is 12.5. The zero-order valence-electron chi connectivity index (χ0n) is 33.9. The number of pyridine rings is 3. The standard InChI is InChI=1S/C57H35N5O/c1-2-12-36(13-3-1)41-14-4-5-15-42(41)37-21-25-50-47(32-37)56-52(19-10-30-59-56)61(50)39-23-27-54-45(34-39)46-35-40(24-28-55(46)63-54)62-51-26-22-38(33-48(51)57-53(62)20-11-31-60-57)43-16-6-7-17-44(43)49-18-8-9-29-58-49/h1-35H. The van der Waals surface area contributed by atoms with Crippen LogP contribution in [0.5, 0.6) is 0 Å². The molecule has 0 N–H and O–H groups in total. The number of hydrogen-bond donors (Lipinski definition) is 0. The van der Waals surface area contributed by atoms with E-state index in [1.54, 1.807) is 0 Å². The predicted molar refractivity (Wildman–Crippen MR) is 258 cm³/mol. The van der Waals surface area contributed by atoms with Crippen LogP contribution in [0.3, 0.4) is 0 Å². The van der Waals surface area contributed by atoms with Crippen molar-refractivity contribution in [1.29, 1.82) is 0 Å². The Balaban J connectivity index is 0.952. The monoisotopic (exact) mass is 805 g/mol. The number of furan rings is 1. The van der Waals surface area contributed by atoms with Crippen LogP contribution >= 0.6 is 0 Å². The van der Waals surface area contributed by atoms with E-state index in [0.717, 1.165) is 105 Å². The van der Waals surface area contributed by atoms with E-state index in [4.69, 9.17) is 14.4 Å². The fourth-order valence-electron chi connectivity index (χ4n) is 9.68. The minimum atomic E-state index is 0.837. The number of hydrogen-bond acceptors (Lipinski definition) is 4. The van der Waals surface area contributed by atoms with Crippen LogP contribution in [0, 0.1) is 0 Å². The Morgan fingerprint density at radius 2 is 0.810 bits per heavy atom. The third kappa shape index (κ3) is 5.55. The summed E-state index contributed by atoms with van der Waals surface area (Å²) in [7, 11) is 0. The molecule has 6 nitrogen and oxygen atoms in total. The van der Waals surface area contributed by atoms with Gasteiger partial charge in [-0.15, -0.1) is 0 Å². The largest absolute Gasteiger partial charge is 0.456 e. The second kappa shape index (κ2) is 14.0. The molecule has 6 heteroatoms. The van der Waals surface area contributed by atoms with Crippen LogP contribution in [0.2, 0.25) is 0 Å². The molecule has 294 valence electrons. The SMILES string of the molecule is c1ccc(-c2ccccc2-c2ccc3c(c2)c2ncccc2n3-c2ccc3oc4ccc(-n5c6ccc(-c7ccccc7-c7ccccn7)cc6c6ncccc65)cc4c3c2)cc1. The van der Waals surface area contributed by atoms with Crippen LogP contribution in [0.1, 0.15) is 0 Å². The Hall–Kier alpha value is -8.61. The normalized spacial score (nSPS) is 11.8. The zero-order chi connectivity index (χ0) is 41.4. The first-order chi connectivity index (χ1) is 31.2. The Morgan fingerprint density at radius 3 is 1.37 bits per heavy atom. The maximum Gasteiger partial charge on any atom is 0.135 e. The summed E-state index contributed by atoms with van der Waals surface area (Å²) in [6, 6.07) is 68.6. The summed E-state index contributed by atoms with van der Waals surface area (Å²) < 4.78 is 11.2. The quantitative estimate of drug-likeness (QED) is 0.168. The number of benzene rings is 7. The Bertz CT molecular complexity index is 3660. The Morgan fingerprint density at radius 1 is 0.317 bits per heavy atom. The van der Waals surface area contributed by atoms with Gasteiger partial charge in [0.15, 0.2) is 0 Å². The van der Waals surface area contributed by atoms with Gasteiger partial charge < -0.3 is 13.6 Å². The third-order valence-corrected chi connectivity index (χ3v) is 12.5. The van der Waals surface area contributed by atoms with Gasteiger partial charge in [0.2, 0.25) is 0 Å². The van der Waals surface area contributed by atoms with E-state index in [9.17, 15) is 0 Å². The van der Waals surface area contributed by atoms with Crippen molar-refractivity contribution < 1.29 is 4.42 Å². The molecule has 0 aliphatic rings. The minimum absolute atomic E-state index is 0.837. The summed E-state index contributed by atoms with van der Waals surface area (Å²) in [5, 5.41) is 4.28. The van der Waals surface area contributed by atoms with Gasteiger partial charge in [0.05, 0.1) is 38.8 Å². The summed E-state index contributed by atoms with van der Waals surface area (Å²) >= 11 is 0. The van der Waals surface area contributed by atoms with Crippen LogP contribution < -0.4 is 0 Å². The topological polar surface area (TPSA) is 61.7 Å². The average molecular weight is 806 g/mol. The van der Waals surface area contributed by atoms with Crippen molar-refractivity contribution in [3.05, 3.63) is 213 Å². The Kier molecular flexibility index (Phi) is 7.80. The highest BCUT2D eigenvalue weighted by molar-refractivity contribution is 6.12. The molecule has 7 aromatic carbocycles. The summed E-state index contributed by atoms with van der Waals surface area (Å²) in [6.07, 6.45) is 5.61. The first kappa shape index (κ1) is 35.2. The maximum atomic E-state index is 6.52. The van der Waals surface area contributed by atoms with E-state index in [1.807, 2.05) is 42.9 Å². The van der Waals surface area contributed by atoms with Gasteiger partial charge in [0.1, 0.15) is 11.2 Å². The number of fused-ring (bicyclic) bond motifs is 9. The minimum Gasteiger partial charge on any atom is -0.456 e. The molecule has 0 atom stereocenters. The van der Waals surface area contributed by atoms with Crippen LogP contribution in [0.25, 0.3) is 122 Å². The van der Waals surface area contributed by atoms with E-state index >= 15 is 0 Å². The maximum absolute atomic E-state index is 6.52. The second-order valence-electron chi connectivity index (χ2n) is 16.0. The van der Waals surface area contributed by atoms with Crippen molar-refractivity contribution in [3.63, 3.8) is 0 Å². The number of rotatable bonds is 6. The molecule has 0 saturated carbocycles. The zero-order valence-corrected chi connectivity index (χ0v) is 33.9. The van der Waals surface area contributed by atoms with Crippen molar-refractivity contribution >= 4 is 65.8 Å². The lowest BCUT2D eigenvalue weighted by molar-refractivity contribution is 0.669. The number of aromatic nitrogens is 5. The summed E-state index contributed by atoms with van der Waals surface area (Å²) in [4.78, 5) is 14.6. The molecule has 0 saturated heterocycles. The highest BCUT2D eigenvalue weighted by Crippen LogP contribution is 2.41. The van der Waals surface area contributed by atoms with Gasteiger partial charge >= 0.3 is 0 Å². The van der Waals surface area contributed by atoms with Gasteiger partial charge in [-0.1, -0.05) is 97.1 Å². The van der Waals surface area contributed by atoms with E-state index < -0.39 is 0 Å². The smallest absolute Gasteiger partial charge is 0.135 e. The molecule has 13 aromatic rings. The van der Waals surface area contributed by atoms with E-state index in [1.165, 1.54) is 16.7 Å². The van der Waals surface area contributed by atoms with Gasteiger partial charge in [-0.25, -0.2) is 0 Å².